The van der Waals surface area contributed by atoms with Gasteiger partial charge in [0.15, 0.2) is 0 Å². The molecule has 0 spiro atoms. The van der Waals surface area contributed by atoms with Crippen LogP contribution in [0.3, 0.4) is 0 Å². The van der Waals surface area contributed by atoms with Crippen molar-refractivity contribution in [1.82, 2.24) is 10.2 Å². The van der Waals surface area contributed by atoms with E-state index in [1.807, 2.05) is 7.05 Å². The second-order valence-corrected chi connectivity index (χ2v) is 3.83. The summed E-state index contributed by atoms with van der Waals surface area (Å²) in [7, 11) is 2.02. The van der Waals surface area contributed by atoms with E-state index in [1.165, 1.54) is 12.8 Å². The number of nitrogens with one attached hydrogen (secondary N) is 1. The predicted molar refractivity (Wildman–Crippen MR) is 53.3 cm³/mol. The molecule has 1 saturated heterocycles. The van der Waals surface area contributed by atoms with Gasteiger partial charge in [-0.1, -0.05) is 0 Å². The third-order valence-corrected chi connectivity index (χ3v) is 2.87. The number of rotatable bonds is 3. The van der Waals surface area contributed by atoms with Gasteiger partial charge in [0.2, 0.25) is 0 Å². The molecular formula is C10H19N3. The summed E-state index contributed by atoms with van der Waals surface area (Å²) in [4.78, 5) is 2.41. The van der Waals surface area contributed by atoms with E-state index >= 15 is 0 Å². The van der Waals surface area contributed by atoms with Crippen molar-refractivity contribution in [2.45, 2.75) is 38.3 Å². The third-order valence-electron chi connectivity index (χ3n) is 2.87. The fraction of sp³-hybridized carbons (Fsp3) is 0.900. The van der Waals surface area contributed by atoms with Crippen LogP contribution in [0.2, 0.25) is 0 Å². The van der Waals surface area contributed by atoms with E-state index in [9.17, 15) is 0 Å². The van der Waals surface area contributed by atoms with Crippen molar-refractivity contribution >= 4 is 0 Å². The molecule has 0 amide bonds. The molecule has 1 aliphatic rings. The lowest BCUT2D eigenvalue weighted by Crippen LogP contribution is -2.47. The summed E-state index contributed by atoms with van der Waals surface area (Å²) in [6, 6.07) is 3.27. The van der Waals surface area contributed by atoms with Crippen LogP contribution in [0.5, 0.6) is 0 Å². The average molecular weight is 181 g/mol. The highest BCUT2D eigenvalue weighted by molar-refractivity contribution is 4.85. The van der Waals surface area contributed by atoms with Crippen LogP contribution in [-0.2, 0) is 0 Å². The van der Waals surface area contributed by atoms with Crippen molar-refractivity contribution in [2.24, 2.45) is 0 Å². The van der Waals surface area contributed by atoms with Gasteiger partial charge in [-0.05, 0) is 33.4 Å². The fourth-order valence-corrected chi connectivity index (χ4v) is 1.90. The van der Waals surface area contributed by atoms with Gasteiger partial charge < -0.3 is 5.32 Å². The van der Waals surface area contributed by atoms with Crippen LogP contribution in [0.1, 0.15) is 26.2 Å². The molecule has 1 aliphatic heterocycles. The second-order valence-electron chi connectivity index (χ2n) is 3.83. The molecular weight excluding hydrogens is 162 g/mol. The van der Waals surface area contributed by atoms with Gasteiger partial charge in [0.1, 0.15) is 0 Å². The van der Waals surface area contributed by atoms with Crippen LogP contribution in [0, 0.1) is 11.3 Å². The van der Waals surface area contributed by atoms with E-state index in [2.05, 4.69) is 23.2 Å². The normalized spacial score (nSPS) is 26.7. The number of nitriles is 1. The largest absolute Gasteiger partial charge is 0.316 e. The lowest BCUT2D eigenvalue weighted by atomic mass is 10.0. The summed E-state index contributed by atoms with van der Waals surface area (Å²) >= 11 is 0. The van der Waals surface area contributed by atoms with Crippen LogP contribution in [-0.4, -0.2) is 37.1 Å². The molecule has 3 heteroatoms. The van der Waals surface area contributed by atoms with Crippen molar-refractivity contribution in [3.8, 4) is 6.07 Å². The van der Waals surface area contributed by atoms with E-state index in [4.69, 9.17) is 5.26 Å². The summed E-state index contributed by atoms with van der Waals surface area (Å²) in [6.07, 6.45) is 3.17. The Bertz CT molecular complexity index is 185. The van der Waals surface area contributed by atoms with Crippen LogP contribution in [0.15, 0.2) is 0 Å². The quantitative estimate of drug-likeness (QED) is 0.705. The third kappa shape index (κ3) is 2.98. The monoisotopic (exact) mass is 181 g/mol. The van der Waals surface area contributed by atoms with Crippen LogP contribution in [0.25, 0.3) is 0 Å². The first-order chi connectivity index (χ1) is 6.27. The van der Waals surface area contributed by atoms with E-state index in [0.717, 1.165) is 13.1 Å². The molecule has 2 unspecified atom stereocenters. The maximum Gasteiger partial charge on any atom is 0.0638 e. The lowest BCUT2D eigenvalue weighted by molar-refractivity contribution is 0.150. The van der Waals surface area contributed by atoms with Gasteiger partial charge in [0.05, 0.1) is 12.5 Å². The summed E-state index contributed by atoms with van der Waals surface area (Å²) in [6.45, 7) is 4.39. The molecule has 13 heavy (non-hydrogen) atoms. The minimum Gasteiger partial charge on any atom is -0.316 e. The van der Waals surface area contributed by atoms with Gasteiger partial charge >= 0.3 is 0 Å². The zero-order valence-electron chi connectivity index (χ0n) is 8.58. The summed E-state index contributed by atoms with van der Waals surface area (Å²) in [5.41, 5.74) is 0. The van der Waals surface area contributed by atoms with E-state index in [0.29, 0.717) is 18.5 Å². The highest BCUT2D eigenvalue weighted by atomic mass is 15.2. The molecule has 0 aromatic heterocycles. The highest BCUT2D eigenvalue weighted by Gasteiger charge is 2.21. The average Bonchev–Trinajstić information content (AvgIpc) is 2.18. The minimum atomic E-state index is 0.418. The predicted octanol–water partition coefficient (Wildman–Crippen LogP) is 0.972. The van der Waals surface area contributed by atoms with Crippen molar-refractivity contribution < 1.29 is 0 Å². The molecule has 0 aliphatic carbocycles. The van der Waals surface area contributed by atoms with Crippen LogP contribution in [0.4, 0.5) is 0 Å². The van der Waals surface area contributed by atoms with Crippen LogP contribution < -0.4 is 5.32 Å². The van der Waals surface area contributed by atoms with Gasteiger partial charge in [-0.3, -0.25) is 4.90 Å². The Kier molecular flexibility index (Phi) is 4.20. The molecule has 1 N–H and O–H groups in total. The molecule has 1 rings (SSSR count). The first-order valence-electron chi connectivity index (χ1n) is 5.06. The molecule has 1 fully saturated rings. The van der Waals surface area contributed by atoms with Gasteiger partial charge in [-0.25, -0.2) is 0 Å². The van der Waals surface area contributed by atoms with Crippen molar-refractivity contribution in [2.75, 3.05) is 20.1 Å². The number of hydrogen-bond acceptors (Lipinski definition) is 3. The Hall–Kier alpha value is -0.590. The summed E-state index contributed by atoms with van der Waals surface area (Å²) in [5.74, 6) is 0. The van der Waals surface area contributed by atoms with Crippen molar-refractivity contribution in [3.63, 3.8) is 0 Å². The van der Waals surface area contributed by atoms with Gasteiger partial charge in [0.25, 0.3) is 0 Å². The number of nitrogens with zero attached hydrogens (tertiary/aromatic N) is 2. The molecule has 3 nitrogen and oxygen atoms in total. The Balaban J connectivity index is 2.37. The fourth-order valence-electron chi connectivity index (χ4n) is 1.90. The maximum atomic E-state index is 8.60. The number of likely N-dealkylation sites (N-methyl/N-ethyl adjacent to an activating group) is 1. The molecule has 0 aromatic rings. The molecule has 1 heterocycles. The van der Waals surface area contributed by atoms with Gasteiger partial charge in [-0.2, -0.15) is 5.26 Å². The summed E-state index contributed by atoms with van der Waals surface area (Å²) in [5, 5.41) is 11.9. The Labute approximate surface area is 80.7 Å². The smallest absolute Gasteiger partial charge is 0.0638 e. The Morgan fingerprint density at radius 1 is 1.69 bits per heavy atom. The van der Waals surface area contributed by atoms with Crippen molar-refractivity contribution in [3.05, 3.63) is 0 Å². The number of likely N-dealkylation sites (tertiary alicyclic amines) is 1. The lowest BCUT2D eigenvalue weighted by Gasteiger charge is -2.35. The van der Waals surface area contributed by atoms with E-state index < -0.39 is 0 Å². The first kappa shape index (κ1) is 10.5. The number of piperidine rings is 1. The molecule has 0 saturated carbocycles. The molecule has 0 radical (unpaired) electrons. The molecule has 2 atom stereocenters. The molecule has 0 bridgehead atoms. The van der Waals surface area contributed by atoms with E-state index in [-0.39, 0.29) is 0 Å². The number of hydrogen-bond donors (Lipinski definition) is 1. The zero-order valence-corrected chi connectivity index (χ0v) is 8.58. The van der Waals surface area contributed by atoms with E-state index in [1.54, 1.807) is 0 Å². The Morgan fingerprint density at radius 3 is 3.08 bits per heavy atom. The summed E-state index contributed by atoms with van der Waals surface area (Å²) < 4.78 is 0. The van der Waals surface area contributed by atoms with Gasteiger partial charge in [0, 0.05) is 18.6 Å². The first-order valence-corrected chi connectivity index (χ1v) is 5.06. The highest BCUT2D eigenvalue weighted by Crippen LogP contribution is 2.13. The zero-order chi connectivity index (χ0) is 9.68. The topological polar surface area (TPSA) is 39.1 Å². The maximum absolute atomic E-state index is 8.60. The molecule has 0 aromatic carbocycles. The standard InChI is InChI=1S/C10H19N3/c1-9(5-6-11)13-7-3-4-10(8-13)12-2/h9-10,12H,3-5,7-8H2,1-2H3. The molecule has 74 valence electrons. The Morgan fingerprint density at radius 2 is 2.46 bits per heavy atom. The van der Waals surface area contributed by atoms with Crippen molar-refractivity contribution in [1.29, 1.82) is 5.26 Å². The minimum absolute atomic E-state index is 0.418. The van der Waals surface area contributed by atoms with Crippen LogP contribution >= 0.6 is 0 Å². The SMILES string of the molecule is CNC1CCCN(C(C)CC#N)C1. The second kappa shape index (κ2) is 5.21. The van der Waals surface area contributed by atoms with Gasteiger partial charge in [-0.15, -0.1) is 0 Å².